The number of hydrogen-bond acceptors (Lipinski definition) is 3. The normalized spacial score (nSPS) is 18.9. The van der Waals surface area contributed by atoms with E-state index in [1.807, 2.05) is 6.92 Å². The molecule has 0 radical (unpaired) electrons. The van der Waals surface area contributed by atoms with Crippen LogP contribution in [0.4, 0.5) is 0 Å². The smallest absolute Gasteiger partial charge is 0.0956 e. The SMILES string of the molecule is Cc1nc(CC(O)CC2CCC2)sc1C. The second-order valence-electron chi connectivity index (χ2n) is 4.64. The van der Waals surface area contributed by atoms with E-state index in [1.165, 1.54) is 24.1 Å². The van der Waals surface area contributed by atoms with E-state index in [-0.39, 0.29) is 6.10 Å². The van der Waals surface area contributed by atoms with Gasteiger partial charge >= 0.3 is 0 Å². The molecule has 0 aromatic carbocycles. The summed E-state index contributed by atoms with van der Waals surface area (Å²) in [6, 6.07) is 0. The summed E-state index contributed by atoms with van der Waals surface area (Å²) >= 11 is 1.72. The maximum atomic E-state index is 9.90. The minimum atomic E-state index is -0.180. The molecule has 1 aliphatic carbocycles. The third-order valence-electron chi connectivity index (χ3n) is 3.31. The zero-order chi connectivity index (χ0) is 10.8. The molecule has 1 unspecified atom stereocenters. The van der Waals surface area contributed by atoms with Gasteiger partial charge in [0.05, 0.1) is 16.8 Å². The lowest BCUT2D eigenvalue weighted by Gasteiger charge is -2.27. The number of nitrogens with zero attached hydrogens (tertiary/aromatic N) is 1. The van der Waals surface area contributed by atoms with E-state index >= 15 is 0 Å². The molecular weight excluding hydrogens is 206 g/mol. The van der Waals surface area contributed by atoms with E-state index in [2.05, 4.69) is 11.9 Å². The molecule has 1 N–H and O–H groups in total. The highest BCUT2D eigenvalue weighted by Crippen LogP contribution is 2.31. The van der Waals surface area contributed by atoms with E-state index in [4.69, 9.17) is 0 Å². The van der Waals surface area contributed by atoms with Crippen molar-refractivity contribution in [1.29, 1.82) is 0 Å². The average Bonchev–Trinajstić information content (AvgIpc) is 2.39. The average molecular weight is 225 g/mol. The van der Waals surface area contributed by atoms with Gasteiger partial charge in [0, 0.05) is 11.3 Å². The van der Waals surface area contributed by atoms with Gasteiger partial charge in [0.1, 0.15) is 0 Å². The highest BCUT2D eigenvalue weighted by Gasteiger charge is 2.21. The molecule has 1 atom stereocenters. The van der Waals surface area contributed by atoms with Gasteiger partial charge in [-0.3, -0.25) is 0 Å². The number of rotatable bonds is 4. The number of aliphatic hydroxyl groups is 1. The summed E-state index contributed by atoms with van der Waals surface area (Å²) in [6.07, 6.45) is 5.51. The molecule has 0 saturated heterocycles. The van der Waals surface area contributed by atoms with Crippen molar-refractivity contribution in [2.24, 2.45) is 5.92 Å². The monoisotopic (exact) mass is 225 g/mol. The van der Waals surface area contributed by atoms with Gasteiger partial charge in [-0.25, -0.2) is 4.98 Å². The van der Waals surface area contributed by atoms with Crippen LogP contribution < -0.4 is 0 Å². The van der Waals surface area contributed by atoms with Crippen LogP contribution in [0, 0.1) is 19.8 Å². The molecule has 1 saturated carbocycles. The summed E-state index contributed by atoms with van der Waals surface area (Å²) < 4.78 is 0. The second kappa shape index (κ2) is 4.62. The molecule has 2 nitrogen and oxygen atoms in total. The molecule has 1 heterocycles. The number of aryl methyl sites for hydroxylation is 2. The first-order valence-corrected chi connectivity index (χ1v) is 6.57. The van der Waals surface area contributed by atoms with Gasteiger partial charge in [0.2, 0.25) is 0 Å². The Morgan fingerprint density at radius 2 is 2.20 bits per heavy atom. The fourth-order valence-corrected chi connectivity index (χ4v) is 3.03. The number of hydrogen-bond donors (Lipinski definition) is 1. The minimum Gasteiger partial charge on any atom is -0.393 e. The Morgan fingerprint density at radius 1 is 1.47 bits per heavy atom. The summed E-state index contributed by atoms with van der Waals surface area (Å²) in [4.78, 5) is 5.74. The third kappa shape index (κ3) is 2.79. The maximum absolute atomic E-state index is 9.90. The van der Waals surface area contributed by atoms with Gasteiger partial charge < -0.3 is 5.11 Å². The lowest BCUT2D eigenvalue weighted by atomic mass is 9.81. The van der Waals surface area contributed by atoms with Crippen LogP contribution in [-0.4, -0.2) is 16.2 Å². The van der Waals surface area contributed by atoms with Crippen molar-refractivity contribution in [2.45, 2.75) is 52.1 Å². The second-order valence-corrected chi connectivity index (χ2v) is 5.93. The van der Waals surface area contributed by atoms with Crippen molar-refractivity contribution >= 4 is 11.3 Å². The van der Waals surface area contributed by atoms with Gasteiger partial charge in [-0.05, 0) is 26.2 Å². The fraction of sp³-hybridized carbons (Fsp3) is 0.750. The van der Waals surface area contributed by atoms with Gasteiger partial charge in [-0.15, -0.1) is 11.3 Å². The maximum Gasteiger partial charge on any atom is 0.0956 e. The summed E-state index contributed by atoms with van der Waals surface area (Å²) in [5.74, 6) is 0.780. The van der Waals surface area contributed by atoms with Crippen molar-refractivity contribution in [3.63, 3.8) is 0 Å². The zero-order valence-corrected chi connectivity index (χ0v) is 10.3. The molecule has 0 spiro atoms. The highest BCUT2D eigenvalue weighted by molar-refractivity contribution is 7.11. The van der Waals surface area contributed by atoms with Crippen LogP contribution in [0.15, 0.2) is 0 Å². The van der Waals surface area contributed by atoms with Crippen LogP contribution in [0.3, 0.4) is 0 Å². The summed E-state index contributed by atoms with van der Waals surface area (Å²) in [7, 11) is 0. The first-order valence-electron chi connectivity index (χ1n) is 5.76. The Morgan fingerprint density at radius 3 is 2.67 bits per heavy atom. The van der Waals surface area contributed by atoms with E-state index in [1.54, 1.807) is 11.3 Å². The van der Waals surface area contributed by atoms with Gasteiger partial charge in [0.15, 0.2) is 0 Å². The molecule has 1 fully saturated rings. The standard InChI is InChI=1S/C12H19NOS/c1-8-9(2)15-12(13-8)7-11(14)6-10-4-3-5-10/h10-11,14H,3-7H2,1-2H3. The molecule has 1 aliphatic rings. The predicted molar refractivity (Wildman–Crippen MR) is 63.3 cm³/mol. The Kier molecular flexibility index (Phi) is 3.42. The summed E-state index contributed by atoms with van der Waals surface area (Å²) in [6.45, 7) is 4.13. The van der Waals surface area contributed by atoms with Gasteiger partial charge in [-0.1, -0.05) is 19.3 Å². The summed E-state index contributed by atoms with van der Waals surface area (Å²) in [5.41, 5.74) is 1.12. The number of aliphatic hydroxyl groups excluding tert-OH is 1. The fourth-order valence-electron chi connectivity index (χ4n) is 2.02. The molecule has 0 bridgehead atoms. The lowest BCUT2D eigenvalue weighted by Crippen LogP contribution is -2.20. The topological polar surface area (TPSA) is 33.1 Å². The number of thiazole rings is 1. The minimum absolute atomic E-state index is 0.180. The van der Waals surface area contributed by atoms with Crippen molar-refractivity contribution in [2.75, 3.05) is 0 Å². The molecule has 15 heavy (non-hydrogen) atoms. The zero-order valence-electron chi connectivity index (χ0n) is 9.49. The van der Waals surface area contributed by atoms with Crippen LogP contribution in [0.25, 0.3) is 0 Å². The first-order chi connectivity index (χ1) is 7.15. The largest absolute Gasteiger partial charge is 0.393 e. The van der Waals surface area contributed by atoms with E-state index in [9.17, 15) is 5.11 Å². The van der Waals surface area contributed by atoms with Crippen LogP contribution in [0.2, 0.25) is 0 Å². The van der Waals surface area contributed by atoms with Crippen molar-refractivity contribution in [3.8, 4) is 0 Å². The molecule has 84 valence electrons. The molecule has 2 rings (SSSR count). The highest BCUT2D eigenvalue weighted by atomic mass is 32.1. The predicted octanol–water partition coefficient (Wildman–Crippen LogP) is 2.85. The Hall–Kier alpha value is -0.410. The Balaban J connectivity index is 1.84. The van der Waals surface area contributed by atoms with Gasteiger partial charge in [-0.2, -0.15) is 0 Å². The quantitative estimate of drug-likeness (QED) is 0.854. The van der Waals surface area contributed by atoms with Crippen LogP contribution in [-0.2, 0) is 6.42 Å². The molecule has 1 aromatic heterocycles. The van der Waals surface area contributed by atoms with Gasteiger partial charge in [0.25, 0.3) is 0 Å². The van der Waals surface area contributed by atoms with Crippen molar-refractivity contribution in [1.82, 2.24) is 4.98 Å². The van der Waals surface area contributed by atoms with Crippen LogP contribution >= 0.6 is 11.3 Å². The van der Waals surface area contributed by atoms with E-state index < -0.39 is 0 Å². The van der Waals surface area contributed by atoms with E-state index in [0.717, 1.165) is 29.5 Å². The Bertz CT molecular complexity index is 311. The van der Waals surface area contributed by atoms with Crippen LogP contribution in [0.1, 0.15) is 41.3 Å². The summed E-state index contributed by atoms with van der Waals surface area (Å²) in [5, 5.41) is 11.0. The molecule has 1 aromatic rings. The molecule has 0 aliphatic heterocycles. The van der Waals surface area contributed by atoms with E-state index in [0.29, 0.717) is 0 Å². The Labute approximate surface area is 95.4 Å². The molecular formula is C12H19NOS. The van der Waals surface area contributed by atoms with Crippen molar-refractivity contribution in [3.05, 3.63) is 15.6 Å². The van der Waals surface area contributed by atoms with Crippen molar-refractivity contribution < 1.29 is 5.11 Å². The molecule has 0 amide bonds. The third-order valence-corrected chi connectivity index (χ3v) is 4.41. The lowest BCUT2D eigenvalue weighted by molar-refractivity contribution is 0.117. The van der Waals surface area contributed by atoms with Crippen LogP contribution in [0.5, 0.6) is 0 Å². The molecule has 3 heteroatoms. The number of aromatic nitrogens is 1. The first kappa shape index (κ1) is 11.1.